The van der Waals surface area contributed by atoms with Crippen molar-refractivity contribution in [3.63, 3.8) is 0 Å². The third kappa shape index (κ3) is 6.83. The number of benzene rings is 2. The van der Waals surface area contributed by atoms with E-state index >= 15 is 0 Å². The zero-order valence-corrected chi connectivity index (χ0v) is 15.5. The highest BCUT2D eigenvalue weighted by Crippen LogP contribution is 2.15. The molecule has 7 heteroatoms. The average Bonchev–Trinajstić information content (AvgIpc) is 2.67. The molecule has 2 rings (SSSR count). The maximum Gasteiger partial charge on any atom is 0.387 e. The number of halogens is 2. The number of rotatable bonds is 8. The zero-order valence-electron chi connectivity index (χ0n) is 15.5. The maximum absolute atomic E-state index is 12.3. The van der Waals surface area contributed by atoms with Crippen LogP contribution >= 0.6 is 0 Å². The fourth-order valence-corrected chi connectivity index (χ4v) is 2.43. The van der Waals surface area contributed by atoms with Crippen LogP contribution < -0.4 is 4.74 Å². The summed E-state index contributed by atoms with van der Waals surface area (Å²) in [6, 6.07) is 15.2. The van der Waals surface area contributed by atoms with E-state index in [4.69, 9.17) is 4.74 Å². The van der Waals surface area contributed by atoms with E-state index < -0.39 is 18.7 Å². The molecule has 148 valence electrons. The monoisotopic (exact) mass is 389 g/mol. The summed E-state index contributed by atoms with van der Waals surface area (Å²) in [7, 11) is 1.64. The molecule has 5 nitrogen and oxygen atoms in total. The standard InChI is InChI=1S/C21H21F2NO4/c1-15(20(26)24(2)14-17-6-4-3-5-7-17)27-19(25)13-10-16-8-11-18(12-9-16)28-21(22)23/h3-13,15,21H,14H2,1-2H3/b13-10+/t15-/m1/s1. The first-order valence-electron chi connectivity index (χ1n) is 8.57. The number of hydrogen-bond acceptors (Lipinski definition) is 4. The van der Waals surface area contributed by atoms with E-state index in [9.17, 15) is 18.4 Å². The van der Waals surface area contributed by atoms with Gasteiger partial charge < -0.3 is 14.4 Å². The van der Waals surface area contributed by atoms with Gasteiger partial charge in [0.15, 0.2) is 6.10 Å². The van der Waals surface area contributed by atoms with Gasteiger partial charge in [-0.3, -0.25) is 4.79 Å². The smallest absolute Gasteiger partial charge is 0.387 e. The summed E-state index contributed by atoms with van der Waals surface area (Å²) in [5.74, 6) is -0.976. The molecule has 0 fully saturated rings. The van der Waals surface area contributed by atoms with E-state index in [0.29, 0.717) is 12.1 Å². The molecule has 28 heavy (non-hydrogen) atoms. The second kappa shape index (κ2) is 10.2. The molecule has 0 unspecified atom stereocenters. The zero-order chi connectivity index (χ0) is 20.5. The van der Waals surface area contributed by atoms with Crippen molar-refractivity contribution in [2.24, 2.45) is 0 Å². The van der Waals surface area contributed by atoms with E-state index in [1.54, 1.807) is 7.05 Å². The van der Waals surface area contributed by atoms with Gasteiger partial charge in [-0.2, -0.15) is 8.78 Å². The van der Waals surface area contributed by atoms with Crippen molar-refractivity contribution >= 4 is 18.0 Å². The lowest BCUT2D eigenvalue weighted by atomic mass is 10.2. The van der Waals surface area contributed by atoms with Crippen LogP contribution in [0.3, 0.4) is 0 Å². The van der Waals surface area contributed by atoms with Crippen molar-refractivity contribution in [3.8, 4) is 5.75 Å². The summed E-state index contributed by atoms with van der Waals surface area (Å²) >= 11 is 0. The van der Waals surface area contributed by atoms with Gasteiger partial charge in [0.25, 0.3) is 5.91 Å². The minimum atomic E-state index is -2.89. The Bertz CT molecular complexity index is 807. The Morgan fingerprint density at radius 2 is 1.71 bits per heavy atom. The van der Waals surface area contributed by atoms with Crippen LogP contribution in [0.5, 0.6) is 5.75 Å². The van der Waals surface area contributed by atoms with Crippen LogP contribution in [-0.4, -0.2) is 36.5 Å². The van der Waals surface area contributed by atoms with Gasteiger partial charge in [0, 0.05) is 19.7 Å². The molecule has 2 aromatic rings. The number of nitrogens with zero attached hydrogens (tertiary/aromatic N) is 1. The molecule has 2 aromatic carbocycles. The summed E-state index contributed by atoms with van der Waals surface area (Å²) in [5.41, 5.74) is 1.56. The highest BCUT2D eigenvalue weighted by atomic mass is 19.3. The first-order valence-corrected chi connectivity index (χ1v) is 8.57. The predicted octanol–water partition coefficient (Wildman–Crippen LogP) is 3.89. The second-order valence-electron chi connectivity index (χ2n) is 6.04. The molecule has 0 saturated carbocycles. The number of esters is 1. The second-order valence-corrected chi connectivity index (χ2v) is 6.04. The molecule has 1 atom stereocenters. The van der Waals surface area contributed by atoms with Gasteiger partial charge >= 0.3 is 12.6 Å². The highest BCUT2D eigenvalue weighted by Gasteiger charge is 2.20. The molecule has 0 heterocycles. The lowest BCUT2D eigenvalue weighted by molar-refractivity contribution is -0.154. The molecule has 0 bridgehead atoms. The molecule has 0 radical (unpaired) electrons. The third-order valence-electron chi connectivity index (χ3n) is 3.80. The molecule has 0 N–H and O–H groups in total. The lowest BCUT2D eigenvalue weighted by Crippen LogP contribution is -2.36. The van der Waals surface area contributed by atoms with Crippen molar-refractivity contribution in [1.82, 2.24) is 4.90 Å². The number of likely N-dealkylation sites (N-methyl/N-ethyl adjacent to an activating group) is 1. The molecule has 0 aliphatic carbocycles. The number of amides is 1. The summed E-state index contributed by atoms with van der Waals surface area (Å²) in [4.78, 5) is 25.7. The van der Waals surface area contributed by atoms with Gasteiger partial charge in [-0.15, -0.1) is 0 Å². The van der Waals surface area contributed by atoms with Crippen LogP contribution in [0.2, 0.25) is 0 Å². The Labute approximate surface area is 162 Å². The van der Waals surface area contributed by atoms with Crippen LogP contribution in [-0.2, 0) is 20.9 Å². The number of alkyl halides is 2. The van der Waals surface area contributed by atoms with Gasteiger partial charge in [0.1, 0.15) is 5.75 Å². The first kappa shape index (κ1) is 21.1. The molecule has 0 aromatic heterocycles. The lowest BCUT2D eigenvalue weighted by Gasteiger charge is -2.21. The van der Waals surface area contributed by atoms with Crippen LogP contribution in [0, 0.1) is 0 Å². The van der Waals surface area contributed by atoms with E-state index in [0.717, 1.165) is 5.56 Å². The Hall–Kier alpha value is -3.22. The van der Waals surface area contributed by atoms with Crippen molar-refractivity contribution in [3.05, 3.63) is 71.8 Å². The van der Waals surface area contributed by atoms with Crippen LogP contribution in [0.1, 0.15) is 18.1 Å². The topological polar surface area (TPSA) is 55.8 Å². The molecule has 0 saturated heterocycles. The Morgan fingerprint density at radius 3 is 2.32 bits per heavy atom. The van der Waals surface area contributed by atoms with Gasteiger partial charge in [0.2, 0.25) is 0 Å². The average molecular weight is 389 g/mol. The Balaban J connectivity index is 1.85. The minimum Gasteiger partial charge on any atom is -0.449 e. The summed E-state index contributed by atoms with van der Waals surface area (Å²) in [6.07, 6.45) is 1.69. The summed E-state index contributed by atoms with van der Waals surface area (Å²) in [5, 5.41) is 0. The molecular weight excluding hydrogens is 368 g/mol. The predicted molar refractivity (Wildman–Crippen MR) is 101 cm³/mol. The SMILES string of the molecule is C[C@@H](OC(=O)/C=C/c1ccc(OC(F)F)cc1)C(=O)N(C)Cc1ccccc1. The largest absolute Gasteiger partial charge is 0.449 e. The quantitative estimate of drug-likeness (QED) is 0.508. The van der Waals surface area contributed by atoms with E-state index in [2.05, 4.69) is 4.74 Å². The molecular formula is C21H21F2NO4. The van der Waals surface area contributed by atoms with Crippen LogP contribution in [0.4, 0.5) is 8.78 Å². The number of carbonyl (C=O) groups excluding carboxylic acids is 2. The van der Waals surface area contributed by atoms with Crippen LogP contribution in [0.15, 0.2) is 60.7 Å². The maximum atomic E-state index is 12.3. The van der Waals surface area contributed by atoms with E-state index in [1.807, 2.05) is 30.3 Å². The Kier molecular flexibility index (Phi) is 7.68. The highest BCUT2D eigenvalue weighted by molar-refractivity contribution is 5.90. The summed E-state index contributed by atoms with van der Waals surface area (Å²) < 4.78 is 33.6. The van der Waals surface area contributed by atoms with Gasteiger partial charge in [0.05, 0.1) is 0 Å². The Morgan fingerprint density at radius 1 is 1.07 bits per heavy atom. The third-order valence-corrected chi connectivity index (χ3v) is 3.80. The van der Waals surface area contributed by atoms with E-state index in [1.165, 1.54) is 48.2 Å². The normalized spacial score (nSPS) is 12.0. The van der Waals surface area contributed by atoms with Crippen LogP contribution in [0.25, 0.3) is 6.08 Å². The van der Waals surface area contributed by atoms with Gasteiger partial charge in [-0.05, 0) is 36.3 Å². The minimum absolute atomic E-state index is 0.0235. The summed E-state index contributed by atoms with van der Waals surface area (Å²) in [6.45, 7) is -0.980. The number of hydrogen-bond donors (Lipinski definition) is 0. The molecule has 0 spiro atoms. The molecule has 1 amide bonds. The molecule has 0 aliphatic heterocycles. The van der Waals surface area contributed by atoms with Gasteiger partial charge in [-0.25, -0.2) is 4.79 Å². The van der Waals surface area contributed by atoms with Crippen molar-refractivity contribution in [1.29, 1.82) is 0 Å². The van der Waals surface area contributed by atoms with Crippen molar-refractivity contribution < 1.29 is 27.8 Å². The fraction of sp³-hybridized carbons (Fsp3) is 0.238. The van der Waals surface area contributed by atoms with E-state index in [-0.39, 0.29) is 11.7 Å². The fourth-order valence-electron chi connectivity index (χ4n) is 2.43. The van der Waals surface area contributed by atoms with Crippen molar-refractivity contribution in [2.75, 3.05) is 7.05 Å². The number of ether oxygens (including phenoxy) is 2. The van der Waals surface area contributed by atoms with Gasteiger partial charge in [-0.1, -0.05) is 42.5 Å². The number of carbonyl (C=O) groups is 2. The first-order chi connectivity index (χ1) is 13.3. The van der Waals surface area contributed by atoms with Crippen molar-refractivity contribution in [2.45, 2.75) is 26.2 Å². The molecule has 0 aliphatic rings.